The van der Waals surface area contributed by atoms with Crippen LogP contribution in [0.25, 0.3) is 5.52 Å². The van der Waals surface area contributed by atoms with Gasteiger partial charge in [-0.15, -0.1) is 5.10 Å². The lowest BCUT2D eigenvalue weighted by molar-refractivity contribution is -0.155. The molecule has 2 aromatic rings. The Morgan fingerprint density at radius 3 is 2.65 bits per heavy atom. The average molecular weight is 294 g/mol. The zero-order chi connectivity index (χ0) is 14.9. The summed E-state index contributed by atoms with van der Waals surface area (Å²) in [5.74, 6) is 0.351. The van der Waals surface area contributed by atoms with E-state index in [0.717, 1.165) is 11.3 Å². The fraction of sp³-hybridized carbons (Fsp3) is 0.538. The number of hydrogen-bond donors (Lipinski definition) is 0. The van der Waals surface area contributed by atoms with Gasteiger partial charge in [0.1, 0.15) is 16.9 Å². The molecular weight excluding hydrogens is 276 g/mol. The molecule has 0 radical (unpaired) electrons. The average Bonchev–Trinajstić information content (AvgIpc) is 2.78. The van der Waals surface area contributed by atoms with Crippen LogP contribution in [0.2, 0.25) is 0 Å². The number of fused-ring (bicyclic) bond motifs is 1. The third kappa shape index (κ3) is 2.77. The summed E-state index contributed by atoms with van der Waals surface area (Å²) in [4.78, 5) is 19.8. The van der Waals surface area contributed by atoms with Crippen LogP contribution in [0.4, 0.5) is 0 Å². The van der Waals surface area contributed by atoms with E-state index in [-0.39, 0.29) is 11.9 Å². The van der Waals surface area contributed by atoms with E-state index in [1.807, 2.05) is 27.0 Å². The van der Waals surface area contributed by atoms with E-state index in [0.29, 0.717) is 5.16 Å². The van der Waals surface area contributed by atoms with Gasteiger partial charge in [-0.25, -0.2) is 14.5 Å². The van der Waals surface area contributed by atoms with Crippen molar-refractivity contribution in [3.8, 4) is 0 Å². The second-order valence-electron chi connectivity index (χ2n) is 5.12. The lowest BCUT2D eigenvalue weighted by Gasteiger charge is -2.30. The molecular formula is C13H18N4O2S. The summed E-state index contributed by atoms with van der Waals surface area (Å²) in [6.07, 6.45) is 5.38. The first-order valence-corrected chi connectivity index (χ1v) is 7.52. The summed E-state index contributed by atoms with van der Waals surface area (Å²) in [6, 6.07) is 0. The predicted octanol–water partition coefficient (Wildman–Crippen LogP) is 2.29. The molecule has 0 fully saturated rings. The van der Waals surface area contributed by atoms with Crippen molar-refractivity contribution in [2.24, 2.45) is 0 Å². The second-order valence-corrected chi connectivity index (χ2v) is 5.89. The summed E-state index contributed by atoms with van der Waals surface area (Å²) in [5.41, 5.74) is 0.167. The quantitative estimate of drug-likeness (QED) is 0.636. The molecule has 7 heteroatoms. The van der Waals surface area contributed by atoms with E-state index in [9.17, 15) is 4.79 Å². The smallest absolute Gasteiger partial charge is 0.303 e. The summed E-state index contributed by atoms with van der Waals surface area (Å²) >= 11 is 1.47. The standard InChI is InChI=1S/C13H18N4O2S/c1-8(13(3,4)19-9(2)18)11-14-6-10-7-15-12(20-5)16-17(10)11/h6-8H,1-5H3. The van der Waals surface area contributed by atoms with E-state index < -0.39 is 5.60 Å². The lowest BCUT2D eigenvalue weighted by Crippen LogP contribution is -2.34. The highest BCUT2D eigenvalue weighted by Crippen LogP contribution is 2.30. The van der Waals surface area contributed by atoms with Crippen LogP contribution in [0.5, 0.6) is 0 Å². The van der Waals surface area contributed by atoms with Crippen molar-refractivity contribution in [3.63, 3.8) is 0 Å². The molecule has 108 valence electrons. The number of hydrogen-bond acceptors (Lipinski definition) is 6. The first-order valence-electron chi connectivity index (χ1n) is 6.29. The molecule has 1 atom stereocenters. The number of ether oxygens (including phenoxy) is 1. The maximum absolute atomic E-state index is 11.2. The molecule has 0 aliphatic heterocycles. The molecule has 0 N–H and O–H groups in total. The highest BCUT2D eigenvalue weighted by molar-refractivity contribution is 7.98. The van der Waals surface area contributed by atoms with Crippen molar-refractivity contribution in [1.82, 2.24) is 19.6 Å². The van der Waals surface area contributed by atoms with Crippen molar-refractivity contribution in [2.45, 2.75) is 44.4 Å². The van der Waals surface area contributed by atoms with Gasteiger partial charge in [0.2, 0.25) is 5.16 Å². The van der Waals surface area contributed by atoms with Crippen LogP contribution in [0.15, 0.2) is 17.6 Å². The number of esters is 1. The van der Waals surface area contributed by atoms with Gasteiger partial charge in [-0.05, 0) is 20.1 Å². The van der Waals surface area contributed by atoms with Crippen molar-refractivity contribution in [2.75, 3.05) is 6.26 Å². The van der Waals surface area contributed by atoms with Crippen molar-refractivity contribution in [3.05, 3.63) is 18.2 Å². The molecule has 0 bridgehead atoms. The van der Waals surface area contributed by atoms with Gasteiger partial charge in [-0.1, -0.05) is 18.7 Å². The van der Waals surface area contributed by atoms with Crippen LogP contribution in [0.1, 0.15) is 39.4 Å². The van der Waals surface area contributed by atoms with Gasteiger partial charge < -0.3 is 4.74 Å². The van der Waals surface area contributed by atoms with Crippen molar-refractivity contribution >= 4 is 23.2 Å². The third-order valence-electron chi connectivity index (χ3n) is 3.30. The van der Waals surface area contributed by atoms with Crippen LogP contribution < -0.4 is 0 Å². The molecule has 0 aliphatic carbocycles. The molecule has 0 aromatic carbocycles. The fourth-order valence-corrected chi connectivity index (χ4v) is 2.28. The minimum atomic E-state index is -0.655. The molecule has 1 unspecified atom stereocenters. The summed E-state index contributed by atoms with van der Waals surface area (Å²) < 4.78 is 7.15. The summed E-state index contributed by atoms with van der Waals surface area (Å²) in [5, 5.41) is 5.11. The van der Waals surface area contributed by atoms with Gasteiger partial charge in [-0.3, -0.25) is 4.79 Å². The van der Waals surface area contributed by atoms with Crippen LogP contribution in [0, 0.1) is 0 Å². The minimum absolute atomic E-state index is 0.0986. The monoisotopic (exact) mass is 294 g/mol. The largest absolute Gasteiger partial charge is 0.459 e. The summed E-state index contributed by atoms with van der Waals surface area (Å²) in [6.45, 7) is 7.12. The molecule has 6 nitrogen and oxygen atoms in total. The van der Waals surface area contributed by atoms with Crippen molar-refractivity contribution < 1.29 is 9.53 Å². The Hall–Kier alpha value is -1.63. The maximum Gasteiger partial charge on any atom is 0.303 e. The molecule has 0 aliphatic rings. The van der Waals surface area contributed by atoms with Gasteiger partial charge in [0, 0.05) is 6.92 Å². The highest BCUT2D eigenvalue weighted by atomic mass is 32.2. The predicted molar refractivity (Wildman–Crippen MR) is 76.8 cm³/mol. The van der Waals surface area contributed by atoms with Crippen LogP contribution in [0.3, 0.4) is 0 Å². The molecule has 2 aromatic heterocycles. The lowest BCUT2D eigenvalue weighted by atomic mass is 9.92. The number of nitrogens with zero attached hydrogens (tertiary/aromatic N) is 4. The van der Waals surface area contributed by atoms with Gasteiger partial charge in [0.05, 0.1) is 18.3 Å². The SMILES string of the molecule is CSc1ncc2cnc(C(C)C(C)(C)OC(C)=O)n2n1. The van der Waals surface area contributed by atoms with Gasteiger partial charge in [0.25, 0.3) is 0 Å². The van der Waals surface area contributed by atoms with Gasteiger partial charge in [-0.2, -0.15) is 0 Å². The molecule has 0 amide bonds. The first kappa shape index (κ1) is 14.8. The minimum Gasteiger partial charge on any atom is -0.459 e. The zero-order valence-electron chi connectivity index (χ0n) is 12.2. The molecule has 20 heavy (non-hydrogen) atoms. The van der Waals surface area contributed by atoms with E-state index in [4.69, 9.17) is 4.74 Å². The maximum atomic E-state index is 11.2. The number of rotatable bonds is 4. The Balaban J connectivity index is 2.43. The Labute approximate surface area is 121 Å². The number of carbonyl (C=O) groups is 1. The van der Waals surface area contributed by atoms with Gasteiger partial charge in [0.15, 0.2) is 0 Å². The molecule has 2 rings (SSSR count). The number of thioether (sulfide) groups is 1. The molecule has 0 saturated heterocycles. The van der Waals surface area contributed by atoms with Crippen molar-refractivity contribution in [1.29, 1.82) is 0 Å². The molecule has 0 spiro atoms. The van der Waals surface area contributed by atoms with E-state index in [1.165, 1.54) is 18.7 Å². The molecule has 2 heterocycles. The Bertz CT molecular complexity index is 638. The molecule has 0 saturated carbocycles. The van der Waals surface area contributed by atoms with Crippen LogP contribution in [-0.2, 0) is 9.53 Å². The van der Waals surface area contributed by atoms with Crippen LogP contribution in [-0.4, -0.2) is 37.4 Å². The van der Waals surface area contributed by atoms with E-state index in [1.54, 1.807) is 16.9 Å². The van der Waals surface area contributed by atoms with Crippen LogP contribution >= 0.6 is 11.8 Å². The van der Waals surface area contributed by atoms with E-state index in [2.05, 4.69) is 15.1 Å². The second kappa shape index (κ2) is 5.40. The van der Waals surface area contributed by atoms with Gasteiger partial charge >= 0.3 is 5.97 Å². The van der Waals surface area contributed by atoms with E-state index >= 15 is 0 Å². The fourth-order valence-electron chi connectivity index (χ4n) is 1.96. The Kier molecular flexibility index (Phi) is 3.99. The number of aromatic nitrogens is 4. The first-order chi connectivity index (χ1) is 9.35. The summed E-state index contributed by atoms with van der Waals surface area (Å²) in [7, 11) is 0. The number of carbonyl (C=O) groups excluding carboxylic acids is 1. The number of imidazole rings is 1. The Morgan fingerprint density at radius 1 is 1.40 bits per heavy atom. The third-order valence-corrected chi connectivity index (χ3v) is 3.86. The topological polar surface area (TPSA) is 69.4 Å². The highest BCUT2D eigenvalue weighted by Gasteiger charge is 2.33. The zero-order valence-corrected chi connectivity index (χ0v) is 13.1. The Morgan fingerprint density at radius 2 is 2.05 bits per heavy atom. The normalized spacial score (nSPS) is 13.4.